The van der Waals surface area contributed by atoms with Gasteiger partial charge in [0.05, 0.1) is 5.02 Å². The van der Waals surface area contributed by atoms with Crippen molar-refractivity contribution in [3.05, 3.63) is 29.0 Å². The first kappa shape index (κ1) is 15.6. The second kappa shape index (κ2) is 6.05. The smallest absolute Gasteiger partial charge is 0.263 e. The topological polar surface area (TPSA) is 55.6 Å². The van der Waals surface area contributed by atoms with E-state index in [2.05, 4.69) is 0 Å². The predicted molar refractivity (Wildman–Crippen MR) is 82.3 cm³/mol. The van der Waals surface area contributed by atoms with Crippen LogP contribution in [-0.4, -0.2) is 36.0 Å². The molecule has 1 aliphatic carbocycles. The van der Waals surface area contributed by atoms with Crippen LogP contribution in [0.2, 0.25) is 5.02 Å². The van der Waals surface area contributed by atoms with Gasteiger partial charge in [-0.25, -0.2) is 4.39 Å². The number of amides is 1. The summed E-state index contributed by atoms with van der Waals surface area (Å²) in [6.45, 7) is 3.15. The molecule has 0 radical (unpaired) electrons. The van der Waals surface area contributed by atoms with E-state index < -0.39 is 11.9 Å². The maximum atomic E-state index is 13.0. The van der Waals surface area contributed by atoms with Gasteiger partial charge in [0, 0.05) is 19.1 Å². The normalized spacial score (nSPS) is 28.5. The summed E-state index contributed by atoms with van der Waals surface area (Å²) in [5.74, 6) is 0.741. The molecule has 2 aliphatic rings. The van der Waals surface area contributed by atoms with Crippen molar-refractivity contribution in [3.8, 4) is 5.75 Å². The van der Waals surface area contributed by atoms with E-state index in [1.165, 1.54) is 18.2 Å². The summed E-state index contributed by atoms with van der Waals surface area (Å²) < 4.78 is 18.6. The average Bonchev–Trinajstić information content (AvgIpc) is 3.03. The molecule has 1 aliphatic heterocycles. The number of carbonyl (C=O) groups excluding carboxylic acids is 1. The highest BCUT2D eigenvalue weighted by Gasteiger charge is 2.43. The van der Waals surface area contributed by atoms with Crippen molar-refractivity contribution in [3.63, 3.8) is 0 Å². The average molecular weight is 327 g/mol. The highest BCUT2D eigenvalue weighted by atomic mass is 35.5. The fourth-order valence-electron chi connectivity index (χ4n) is 3.56. The molecule has 1 heterocycles. The Balaban J connectivity index is 1.63. The van der Waals surface area contributed by atoms with Crippen molar-refractivity contribution >= 4 is 17.5 Å². The number of benzene rings is 1. The maximum Gasteiger partial charge on any atom is 0.263 e. The predicted octanol–water partition coefficient (Wildman–Crippen LogP) is 2.44. The van der Waals surface area contributed by atoms with Crippen LogP contribution in [0.15, 0.2) is 18.2 Å². The first-order chi connectivity index (χ1) is 10.5. The summed E-state index contributed by atoms with van der Waals surface area (Å²) in [6, 6.07) is 4.08. The zero-order valence-electron chi connectivity index (χ0n) is 12.5. The van der Waals surface area contributed by atoms with Gasteiger partial charge in [0.15, 0.2) is 6.10 Å². The molecule has 2 N–H and O–H groups in total. The molecule has 4 nitrogen and oxygen atoms in total. The molecule has 120 valence electrons. The molecular formula is C16H20ClFN2O2. The first-order valence-electron chi connectivity index (χ1n) is 7.62. The van der Waals surface area contributed by atoms with Crippen molar-refractivity contribution in [1.82, 2.24) is 4.90 Å². The van der Waals surface area contributed by atoms with Crippen LogP contribution in [0.1, 0.15) is 19.8 Å². The Hall–Kier alpha value is -1.33. The van der Waals surface area contributed by atoms with Crippen LogP contribution in [0.5, 0.6) is 5.75 Å². The van der Waals surface area contributed by atoms with Crippen molar-refractivity contribution in [2.24, 2.45) is 17.6 Å². The standard InChI is InChI=1S/C16H20ClFN2O2/c1-9(22-15-5-3-11(18)6-13(15)17)16(21)20-7-10-2-4-14(19)12(10)8-20/h3,5-6,9-10,12,14H,2,4,7-8,19H2,1H3. The molecule has 1 saturated carbocycles. The number of ether oxygens (including phenoxy) is 1. The molecule has 1 saturated heterocycles. The number of fused-ring (bicyclic) bond motifs is 1. The van der Waals surface area contributed by atoms with E-state index in [9.17, 15) is 9.18 Å². The lowest BCUT2D eigenvalue weighted by Crippen LogP contribution is -2.40. The maximum absolute atomic E-state index is 13.0. The second-order valence-corrected chi connectivity index (χ2v) is 6.65. The summed E-state index contributed by atoms with van der Waals surface area (Å²) >= 11 is 5.93. The molecule has 6 heteroatoms. The van der Waals surface area contributed by atoms with Crippen molar-refractivity contribution in [1.29, 1.82) is 0 Å². The zero-order valence-corrected chi connectivity index (χ0v) is 13.2. The van der Waals surface area contributed by atoms with Gasteiger partial charge in [-0.3, -0.25) is 4.79 Å². The first-order valence-corrected chi connectivity index (χ1v) is 7.99. The quantitative estimate of drug-likeness (QED) is 0.928. The van der Waals surface area contributed by atoms with E-state index in [4.69, 9.17) is 22.1 Å². The molecule has 22 heavy (non-hydrogen) atoms. The van der Waals surface area contributed by atoms with Crippen LogP contribution in [0.3, 0.4) is 0 Å². The highest BCUT2D eigenvalue weighted by molar-refractivity contribution is 6.32. The number of nitrogens with zero attached hydrogens (tertiary/aromatic N) is 1. The molecule has 1 aromatic rings. The third-order valence-corrected chi connectivity index (χ3v) is 5.06. The van der Waals surface area contributed by atoms with Crippen LogP contribution < -0.4 is 10.5 Å². The van der Waals surface area contributed by atoms with Crippen LogP contribution >= 0.6 is 11.6 Å². The van der Waals surface area contributed by atoms with Gasteiger partial charge in [-0.15, -0.1) is 0 Å². The largest absolute Gasteiger partial charge is 0.479 e. The number of likely N-dealkylation sites (tertiary alicyclic amines) is 1. The molecule has 0 aromatic heterocycles. The minimum Gasteiger partial charge on any atom is -0.479 e. The van der Waals surface area contributed by atoms with Gasteiger partial charge in [-0.2, -0.15) is 0 Å². The molecule has 4 atom stereocenters. The summed E-state index contributed by atoms with van der Waals surface area (Å²) in [5.41, 5.74) is 6.09. The van der Waals surface area contributed by atoms with Gasteiger partial charge in [-0.1, -0.05) is 11.6 Å². The molecule has 0 spiro atoms. The monoisotopic (exact) mass is 326 g/mol. The van der Waals surface area contributed by atoms with Gasteiger partial charge in [-0.05, 0) is 49.8 Å². The van der Waals surface area contributed by atoms with E-state index in [1.54, 1.807) is 6.92 Å². The summed E-state index contributed by atoms with van der Waals surface area (Å²) in [6.07, 6.45) is 1.49. The van der Waals surface area contributed by atoms with Crippen LogP contribution in [-0.2, 0) is 4.79 Å². The Morgan fingerprint density at radius 1 is 1.45 bits per heavy atom. The number of hydrogen-bond donors (Lipinski definition) is 1. The van der Waals surface area contributed by atoms with Crippen LogP contribution in [0.4, 0.5) is 4.39 Å². The van der Waals surface area contributed by atoms with Crippen molar-refractivity contribution in [2.45, 2.75) is 31.9 Å². The zero-order chi connectivity index (χ0) is 15.9. The van der Waals surface area contributed by atoms with E-state index >= 15 is 0 Å². The summed E-state index contributed by atoms with van der Waals surface area (Å²) in [4.78, 5) is 14.3. The molecule has 0 bridgehead atoms. The Morgan fingerprint density at radius 2 is 2.23 bits per heavy atom. The number of rotatable bonds is 3. The van der Waals surface area contributed by atoms with E-state index in [0.717, 1.165) is 19.4 Å². The molecule has 2 fully saturated rings. The lowest BCUT2D eigenvalue weighted by atomic mass is 9.98. The fourth-order valence-corrected chi connectivity index (χ4v) is 3.77. The molecule has 1 amide bonds. The molecule has 1 aromatic carbocycles. The van der Waals surface area contributed by atoms with E-state index in [1.807, 2.05) is 4.90 Å². The lowest BCUT2D eigenvalue weighted by molar-refractivity contribution is -0.137. The van der Waals surface area contributed by atoms with Gasteiger partial charge >= 0.3 is 0 Å². The van der Waals surface area contributed by atoms with Crippen molar-refractivity contribution < 1.29 is 13.9 Å². The Kier molecular flexibility index (Phi) is 4.28. The second-order valence-electron chi connectivity index (χ2n) is 6.24. The minimum atomic E-state index is -0.655. The third-order valence-electron chi connectivity index (χ3n) is 4.77. The molecule has 3 rings (SSSR count). The number of halogens is 2. The Bertz CT molecular complexity index is 583. The molecule has 4 unspecified atom stereocenters. The summed E-state index contributed by atoms with van der Waals surface area (Å²) in [7, 11) is 0. The van der Waals surface area contributed by atoms with Gasteiger partial charge in [0.1, 0.15) is 11.6 Å². The van der Waals surface area contributed by atoms with Crippen molar-refractivity contribution in [2.75, 3.05) is 13.1 Å². The van der Waals surface area contributed by atoms with Crippen LogP contribution in [0, 0.1) is 17.7 Å². The highest BCUT2D eigenvalue weighted by Crippen LogP contribution is 2.37. The number of hydrogen-bond acceptors (Lipinski definition) is 3. The Morgan fingerprint density at radius 3 is 2.91 bits per heavy atom. The minimum absolute atomic E-state index is 0.0676. The Labute approximate surface area is 134 Å². The van der Waals surface area contributed by atoms with Gasteiger partial charge in [0.25, 0.3) is 5.91 Å². The van der Waals surface area contributed by atoms with E-state index in [0.29, 0.717) is 24.1 Å². The van der Waals surface area contributed by atoms with Crippen LogP contribution in [0.25, 0.3) is 0 Å². The third kappa shape index (κ3) is 2.92. The lowest BCUT2D eigenvalue weighted by Gasteiger charge is -2.23. The van der Waals surface area contributed by atoms with Gasteiger partial charge < -0.3 is 15.4 Å². The summed E-state index contributed by atoms with van der Waals surface area (Å²) in [5, 5.41) is 0.167. The number of carbonyl (C=O) groups is 1. The van der Waals surface area contributed by atoms with Gasteiger partial charge in [0.2, 0.25) is 0 Å². The fraction of sp³-hybridized carbons (Fsp3) is 0.562. The molecular weight excluding hydrogens is 307 g/mol. The SMILES string of the molecule is CC(Oc1ccc(F)cc1Cl)C(=O)N1CC2CCC(N)C2C1. The van der Waals surface area contributed by atoms with E-state index in [-0.39, 0.29) is 17.0 Å². The number of nitrogens with two attached hydrogens (primary N) is 1.